The fourth-order valence-corrected chi connectivity index (χ4v) is 4.61. The summed E-state index contributed by atoms with van der Waals surface area (Å²) in [6, 6.07) is 0. The minimum Gasteiger partial charge on any atom is -0.382 e. The Morgan fingerprint density at radius 1 is 1.48 bits per heavy atom. The molecule has 12 heteroatoms. The summed E-state index contributed by atoms with van der Waals surface area (Å²) in [7, 11) is -3.11. The molecule has 0 aromatic carbocycles. The van der Waals surface area contributed by atoms with Gasteiger partial charge in [0.2, 0.25) is 0 Å². The number of anilines is 1. The molecule has 2 aromatic rings. The van der Waals surface area contributed by atoms with E-state index in [1.165, 1.54) is 6.33 Å². The molecule has 2 saturated heterocycles. The van der Waals surface area contributed by atoms with Crippen molar-refractivity contribution in [1.29, 1.82) is 0 Å². The maximum Gasteiger partial charge on any atom is 0.472 e. The summed E-state index contributed by atoms with van der Waals surface area (Å²) in [5.41, 5.74) is 6.04. The summed E-state index contributed by atoms with van der Waals surface area (Å²) >= 11 is 0. The molecule has 2 aliphatic rings. The molecule has 27 heavy (non-hydrogen) atoms. The number of hydrogen-bond donors (Lipinski definition) is 2. The number of ether oxygens (including phenoxy) is 2. The average Bonchev–Trinajstić information content (AvgIpc) is 3.11. The van der Waals surface area contributed by atoms with Crippen LogP contribution in [0, 0.1) is 0 Å². The number of nitrogens with zero attached hydrogens (tertiary/aromatic N) is 4. The number of nitrogen functional groups attached to an aromatic ring is 1. The van der Waals surface area contributed by atoms with Crippen LogP contribution in [0.25, 0.3) is 11.2 Å². The van der Waals surface area contributed by atoms with Crippen molar-refractivity contribution < 1.29 is 28.0 Å². The van der Waals surface area contributed by atoms with Gasteiger partial charge in [-0.05, 0) is 6.42 Å². The summed E-state index contributed by atoms with van der Waals surface area (Å²) in [6.45, 7) is 2.47. The number of nitrogens with two attached hydrogens (primary N) is 1. The molecule has 2 unspecified atom stereocenters. The Bertz CT molecular complexity index is 889. The lowest BCUT2D eigenvalue weighted by Crippen LogP contribution is -2.50. The minimum atomic E-state index is -4.23. The highest BCUT2D eigenvalue weighted by atomic mass is 31.2. The van der Waals surface area contributed by atoms with Gasteiger partial charge in [-0.15, -0.1) is 0 Å². The lowest BCUT2D eigenvalue weighted by atomic mass is 9.86. The summed E-state index contributed by atoms with van der Waals surface area (Å²) in [5, 5.41) is 0. The van der Waals surface area contributed by atoms with E-state index in [1.54, 1.807) is 10.9 Å². The van der Waals surface area contributed by atoms with Crippen LogP contribution in [0.4, 0.5) is 5.82 Å². The van der Waals surface area contributed by atoms with Crippen LogP contribution in [-0.4, -0.2) is 55.9 Å². The van der Waals surface area contributed by atoms with E-state index in [-0.39, 0.29) is 5.82 Å². The van der Waals surface area contributed by atoms with Gasteiger partial charge in [0, 0.05) is 13.5 Å². The largest absolute Gasteiger partial charge is 0.472 e. The van der Waals surface area contributed by atoms with Gasteiger partial charge in [-0.25, -0.2) is 19.5 Å². The van der Waals surface area contributed by atoms with Crippen LogP contribution in [0.15, 0.2) is 12.7 Å². The van der Waals surface area contributed by atoms with E-state index < -0.39 is 31.9 Å². The van der Waals surface area contributed by atoms with Gasteiger partial charge in [-0.3, -0.25) is 13.6 Å². The molecule has 0 spiro atoms. The van der Waals surface area contributed by atoms with Gasteiger partial charge >= 0.3 is 7.82 Å². The number of phosphoric ester groups is 1. The lowest BCUT2D eigenvalue weighted by molar-refractivity contribution is -0.122. The standard InChI is InChI=1S/C15H22N5O6P/c1-3-4-15-5-6-24-10(11(15)26-27(21,22)23-2)14(25-15)20-8-19-9-12(16)17-7-18-13(9)20/h7-8,10-11,14H,3-6H2,1-2H3,(H,21,22)(H2,16,17,18)/t10-,11?,14+,15-/m0/s1. The van der Waals surface area contributed by atoms with Crippen molar-refractivity contribution in [2.45, 2.75) is 50.2 Å². The smallest absolute Gasteiger partial charge is 0.382 e. The van der Waals surface area contributed by atoms with Crippen LogP contribution in [0.2, 0.25) is 0 Å². The lowest BCUT2D eigenvalue weighted by Gasteiger charge is -2.38. The van der Waals surface area contributed by atoms with Crippen LogP contribution >= 0.6 is 7.82 Å². The second kappa shape index (κ2) is 6.77. The van der Waals surface area contributed by atoms with Crippen molar-refractivity contribution in [3.63, 3.8) is 0 Å². The van der Waals surface area contributed by atoms with Crippen LogP contribution in [0.1, 0.15) is 32.4 Å². The summed E-state index contributed by atoms with van der Waals surface area (Å²) < 4.78 is 36.2. The first-order valence-electron chi connectivity index (χ1n) is 8.70. The Kier molecular flexibility index (Phi) is 4.69. The van der Waals surface area contributed by atoms with Gasteiger partial charge in [0.15, 0.2) is 17.7 Å². The van der Waals surface area contributed by atoms with E-state index >= 15 is 0 Å². The van der Waals surface area contributed by atoms with E-state index in [0.717, 1.165) is 13.5 Å². The second-order valence-electron chi connectivity index (χ2n) is 6.67. The van der Waals surface area contributed by atoms with Crippen LogP contribution in [-0.2, 0) is 23.1 Å². The molecular formula is C15H22N5O6P. The number of imidazole rings is 1. The molecule has 0 saturated carbocycles. The molecule has 5 atom stereocenters. The topological polar surface area (TPSA) is 144 Å². The number of phosphoric acid groups is 1. The Morgan fingerprint density at radius 3 is 3.04 bits per heavy atom. The predicted octanol–water partition coefficient (Wildman–Crippen LogP) is 1.40. The van der Waals surface area contributed by atoms with Gasteiger partial charge in [-0.1, -0.05) is 13.3 Å². The van der Waals surface area contributed by atoms with E-state index in [2.05, 4.69) is 19.5 Å². The monoisotopic (exact) mass is 399 g/mol. The zero-order valence-electron chi connectivity index (χ0n) is 15.0. The molecule has 0 radical (unpaired) electrons. The van der Waals surface area contributed by atoms with Gasteiger partial charge < -0.3 is 20.1 Å². The zero-order valence-corrected chi connectivity index (χ0v) is 15.9. The summed E-state index contributed by atoms with van der Waals surface area (Å²) in [4.78, 5) is 22.3. The molecule has 3 N–H and O–H groups in total. The van der Waals surface area contributed by atoms with Gasteiger partial charge in [-0.2, -0.15) is 0 Å². The van der Waals surface area contributed by atoms with Crippen molar-refractivity contribution in [3.05, 3.63) is 12.7 Å². The Morgan fingerprint density at radius 2 is 2.30 bits per heavy atom. The molecule has 4 rings (SSSR count). The van der Waals surface area contributed by atoms with Crippen molar-refractivity contribution >= 4 is 24.8 Å². The first-order valence-corrected chi connectivity index (χ1v) is 10.2. The summed E-state index contributed by atoms with van der Waals surface area (Å²) in [6.07, 6.45) is 2.84. The third-order valence-electron chi connectivity index (χ3n) is 5.10. The molecule has 11 nitrogen and oxygen atoms in total. The quantitative estimate of drug-likeness (QED) is 0.684. The van der Waals surface area contributed by atoms with Crippen molar-refractivity contribution in [1.82, 2.24) is 19.5 Å². The Balaban J connectivity index is 1.76. The van der Waals surface area contributed by atoms with Crippen molar-refractivity contribution in [2.75, 3.05) is 19.5 Å². The number of rotatable bonds is 6. The Labute approximate surface area is 155 Å². The fourth-order valence-electron chi connectivity index (χ4n) is 3.93. The SMILES string of the molecule is CCC[C@]12CCO[C@@H](C1OP(=O)(O)OC)[C@H](n1cnc3c(N)ncnc31)O2. The predicted molar refractivity (Wildman–Crippen MR) is 93.6 cm³/mol. The van der Waals surface area contributed by atoms with Gasteiger partial charge in [0.25, 0.3) is 0 Å². The summed E-state index contributed by atoms with van der Waals surface area (Å²) in [5.74, 6) is 0.260. The normalized spacial score (nSPS) is 32.6. The first-order chi connectivity index (χ1) is 12.9. The number of hydrogen-bond acceptors (Lipinski definition) is 9. The van der Waals surface area contributed by atoms with Gasteiger partial charge in [0.1, 0.15) is 29.7 Å². The third-order valence-corrected chi connectivity index (χ3v) is 6.06. The molecule has 2 fully saturated rings. The molecule has 2 bridgehead atoms. The molecular weight excluding hydrogens is 377 g/mol. The van der Waals surface area contributed by atoms with Gasteiger partial charge in [0.05, 0.1) is 12.9 Å². The molecule has 148 valence electrons. The molecule has 0 amide bonds. The van der Waals surface area contributed by atoms with E-state index in [0.29, 0.717) is 30.6 Å². The third kappa shape index (κ3) is 3.04. The minimum absolute atomic E-state index is 0.260. The number of aromatic nitrogens is 4. The number of fused-ring (bicyclic) bond motifs is 3. The highest BCUT2D eigenvalue weighted by Gasteiger charge is 2.61. The average molecular weight is 399 g/mol. The maximum absolute atomic E-state index is 12.1. The van der Waals surface area contributed by atoms with Crippen LogP contribution in [0.5, 0.6) is 0 Å². The van der Waals surface area contributed by atoms with E-state index in [4.69, 9.17) is 19.7 Å². The van der Waals surface area contributed by atoms with Crippen LogP contribution in [0.3, 0.4) is 0 Å². The molecule has 2 aromatic heterocycles. The van der Waals surface area contributed by atoms with Crippen molar-refractivity contribution in [3.8, 4) is 0 Å². The first kappa shape index (κ1) is 18.7. The Hall–Kier alpha value is -1.62. The second-order valence-corrected chi connectivity index (χ2v) is 8.18. The molecule has 0 aliphatic carbocycles. The van der Waals surface area contributed by atoms with Crippen LogP contribution < -0.4 is 5.73 Å². The molecule has 4 heterocycles. The maximum atomic E-state index is 12.1. The van der Waals surface area contributed by atoms with E-state index in [9.17, 15) is 9.46 Å². The molecule has 2 aliphatic heterocycles. The highest BCUT2D eigenvalue weighted by molar-refractivity contribution is 7.47. The van der Waals surface area contributed by atoms with E-state index in [1.807, 2.05) is 6.92 Å². The fraction of sp³-hybridized carbons (Fsp3) is 0.667. The zero-order chi connectivity index (χ0) is 19.2. The van der Waals surface area contributed by atoms with Crippen molar-refractivity contribution in [2.24, 2.45) is 0 Å². The highest BCUT2D eigenvalue weighted by Crippen LogP contribution is 2.55.